The molecule has 0 saturated carbocycles. The molecule has 0 unspecified atom stereocenters. The van der Waals surface area contributed by atoms with Gasteiger partial charge in [0.15, 0.2) is 17.3 Å². The Labute approximate surface area is 125 Å². The highest BCUT2D eigenvalue weighted by atomic mass is 16.5. The van der Waals surface area contributed by atoms with Crippen molar-refractivity contribution in [2.24, 2.45) is 7.05 Å². The molecule has 0 fully saturated rings. The van der Waals surface area contributed by atoms with Crippen molar-refractivity contribution in [1.29, 1.82) is 0 Å². The maximum absolute atomic E-state index is 5.95. The Morgan fingerprint density at radius 2 is 2.10 bits per heavy atom. The lowest BCUT2D eigenvalue weighted by atomic mass is 10.2. The minimum atomic E-state index is 0.361. The molecular weight excluding hydrogens is 268 g/mol. The zero-order valence-electron chi connectivity index (χ0n) is 12.8. The summed E-state index contributed by atoms with van der Waals surface area (Å²) in [5.74, 6) is 2.30. The Hall–Kier alpha value is -2.08. The Morgan fingerprint density at radius 1 is 1.24 bits per heavy atom. The SMILES string of the molecule is CCNCc1cccc(OCC)c1OCc1ncnn1C. The Bertz CT molecular complexity index is 569. The fraction of sp³-hybridized carbons (Fsp3) is 0.467. The van der Waals surface area contributed by atoms with Crippen molar-refractivity contribution in [3.8, 4) is 11.5 Å². The number of nitrogens with zero attached hydrogens (tertiary/aromatic N) is 3. The second kappa shape index (κ2) is 7.64. The summed E-state index contributed by atoms with van der Waals surface area (Å²) in [4.78, 5) is 4.17. The van der Waals surface area contributed by atoms with Crippen LogP contribution in [-0.4, -0.2) is 27.9 Å². The van der Waals surface area contributed by atoms with Crippen molar-refractivity contribution in [2.75, 3.05) is 13.2 Å². The molecule has 0 atom stereocenters. The third-order valence-electron chi connectivity index (χ3n) is 3.08. The number of nitrogens with one attached hydrogen (secondary N) is 1. The van der Waals surface area contributed by atoms with E-state index in [9.17, 15) is 0 Å². The number of benzene rings is 1. The van der Waals surface area contributed by atoms with Gasteiger partial charge in [0.25, 0.3) is 0 Å². The fourth-order valence-electron chi connectivity index (χ4n) is 1.98. The van der Waals surface area contributed by atoms with Crippen molar-refractivity contribution >= 4 is 0 Å². The maximum Gasteiger partial charge on any atom is 0.166 e. The van der Waals surface area contributed by atoms with Crippen LogP contribution in [0.15, 0.2) is 24.5 Å². The van der Waals surface area contributed by atoms with Gasteiger partial charge >= 0.3 is 0 Å². The van der Waals surface area contributed by atoms with E-state index in [2.05, 4.69) is 22.3 Å². The number of para-hydroxylation sites is 1. The molecule has 0 radical (unpaired) electrons. The summed E-state index contributed by atoms with van der Waals surface area (Å²) in [6.07, 6.45) is 1.52. The molecule has 0 bridgehead atoms. The van der Waals surface area contributed by atoms with Gasteiger partial charge in [0, 0.05) is 19.2 Å². The van der Waals surface area contributed by atoms with Gasteiger partial charge in [0.1, 0.15) is 12.9 Å². The largest absolute Gasteiger partial charge is 0.490 e. The lowest BCUT2D eigenvalue weighted by molar-refractivity contribution is 0.256. The summed E-state index contributed by atoms with van der Waals surface area (Å²) in [5.41, 5.74) is 1.07. The van der Waals surface area contributed by atoms with Crippen molar-refractivity contribution in [2.45, 2.75) is 27.0 Å². The summed E-state index contributed by atoms with van der Waals surface area (Å²) < 4.78 is 13.3. The van der Waals surface area contributed by atoms with E-state index in [-0.39, 0.29) is 0 Å². The fourth-order valence-corrected chi connectivity index (χ4v) is 1.98. The number of ether oxygens (including phenoxy) is 2. The highest BCUT2D eigenvalue weighted by molar-refractivity contribution is 5.46. The summed E-state index contributed by atoms with van der Waals surface area (Å²) in [7, 11) is 1.85. The third-order valence-corrected chi connectivity index (χ3v) is 3.08. The summed E-state index contributed by atoms with van der Waals surface area (Å²) in [5, 5.41) is 7.35. The predicted octanol–water partition coefficient (Wildman–Crippen LogP) is 1.90. The first kappa shape index (κ1) is 15.3. The molecule has 6 nitrogen and oxygen atoms in total. The second-order valence-corrected chi connectivity index (χ2v) is 4.55. The number of rotatable bonds is 8. The number of aromatic nitrogens is 3. The van der Waals surface area contributed by atoms with Crippen LogP contribution in [0, 0.1) is 0 Å². The van der Waals surface area contributed by atoms with Crippen LogP contribution in [0.3, 0.4) is 0 Å². The molecule has 0 amide bonds. The third kappa shape index (κ3) is 3.95. The molecular formula is C15H22N4O2. The molecule has 0 spiro atoms. The first-order valence-electron chi connectivity index (χ1n) is 7.17. The van der Waals surface area contributed by atoms with Gasteiger partial charge in [-0.1, -0.05) is 19.1 Å². The number of hydrogen-bond acceptors (Lipinski definition) is 5. The molecule has 0 aliphatic carbocycles. The molecule has 2 aromatic rings. The second-order valence-electron chi connectivity index (χ2n) is 4.55. The number of aryl methyl sites for hydroxylation is 1. The van der Waals surface area contributed by atoms with E-state index in [1.807, 2.05) is 32.2 Å². The van der Waals surface area contributed by atoms with Gasteiger partial charge < -0.3 is 14.8 Å². The standard InChI is InChI=1S/C15H22N4O2/c1-4-16-9-12-7-6-8-13(20-5-2)15(12)21-10-14-17-11-18-19(14)3/h6-8,11,16H,4-5,9-10H2,1-3H3. The summed E-state index contributed by atoms with van der Waals surface area (Å²) >= 11 is 0. The van der Waals surface area contributed by atoms with Crippen molar-refractivity contribution in [1.82, 2.24) is 20.1 Å². The van der Waals surface area contributed by atoms with Crippen molar-refractivity contribution in [3.63, 3.8) is 0 Å². The molecule has 114 valence electrons. The molecule has 1 heterocycles. The van der Waals surface area contributed by atoms with Crippen LogP contribution < -0.4 is 14.8 Å². The predicted molar refractivity (Wildman–Crippen MR) is 80.3 cm³/mol. The van der Waals surface area contributed by atoms with Gasteiger partial charge in [0.05, 0.1) is 6.61 Å². The van der Waals surface area contributed by atoms with Crippen LogP contribution in [0.25, 0.3) is 0 Å². The van der Waals surface area contributed by atoms with Crippen molar-refractivity contribution < 1.29 is 9.47 Å². The minimum Gasteiger partial charge on any atom is -0.490 e. The van der Waals surface area contributed by atoms with E-state index >= 15 is 0 Å². The molecule has 0 aliphatic heterocycles. The van der Waals surface area contributed by atoms with E-state index in [1.54, 1.807) is 4.68 Å². The highest BCUT2D eigenvalue weighted by Crippen LogP contribution is 2.32. The Kier molecular flexibility index (Phi) is 5.57. The van der Waals surface area contributed by atoms with Crippen LogP contribution in [0.5, 0.6) is 11.5 Å². The Morgan fingerprint density at radius 3 is 2.76 bits per heavy atom. The van der Waals surface area contributed by atoms with Gasteiger partial charge in [0.2, 0.25) is 0 Å². The van der Waals surface area contributed by atoms with Gasteiger partial charge in [-0.05, 0) is 19.5 Å². The average molecular weight is 290 g/mol. The summed E-state index contributed by atoms with van der Waals surface area (Å²) in [6, 6.07) is 5.94. The zero-order valence-corrected chi connectivity index (χ0v) is 12.8. The van der Waals surface area contributed by atoms with E-state index in [4.69, 9.17) is 9.47 Å². The molecule has 6 heteroatoms. The monoisotopic (exact) mass is 290 g/mol. The molecule has 1 N–H and O–H groups in total. The molecule has 1 aromatic carbocycles. The minimum absolute atomic E-state index is 0.361. The van der Waals surface area contributed by atoms with E-state index in [0.29, 0.717) is 13.2 Å². The molecule has 21 heavy (non-hydrogen) atoms. The van der Waals surface area contributed by atoms with E-state index in [0.717, 1.165) is 36.0 Å². The smallest absolute Gasteiger partial charge is 0.166 e. The topological polar surface area (TPSA) is 61.2 Å². The molecule has 2 rings (SSSR count). The normalized spacial score (nSPS) is 10.6. The molecule has 0 saturated heterocycles. The quantitative estimate of drug-likeness (QED) is 0.804. The van der Waals surface area contributed by atoms with Crippen LogP contribution in [0.1, 0.15) is 25.2 Å². The van der Waals surface area contributed by atoms with Crippen molar-refractivity contribution in [3.05, 3.63) is 35.9 Å². The highest BCUT2D eigenvalue weighted by Gasteiger charge is 2.12. The first-order valence-corrected chi connectivity index (χ1v) is 7.17. The van der Waals surface area contributed by atoms with Gasteiger partial charge in [-0.3, -0.25) is 4.68 Å². The van der Waals surface area contributed by atoms with Crippen LogP contribution in [0.4, 0.5) is 0 Å². The molecule has 0 aliphatic rings. The Balaban J connectivity index is 2.18. The lowest BCUT2D eigenvalue weighted by Crippen LogP contribution is -2.14. The average Bonchev–Trinajstić information content (AvgIpc) is 2.89. The zero-order chi connectivity index (χ0) is 15.1. The van der Waals surface area contributed by atoms with Gasteiger partial charge in [-0.2, -0.15) is 5.10 Å². The van der Waals surface area contributed by atoms with E-state index < -0.39 is 0 Å². The first-order chi connectivity index (χ1) is 10.3. The van der Waals surface area contributed by atoms with E-state index in [1.165, 1.54) is 6.33 Å². The van der Waals surface area contributed by atoms with Crippen LogP contribution in [0.2, 0.25) is 0 Å². The number of hydrogen-bond donors (Lipinski definition) is 1. The van der Waals surface area contributed by atoms with Gasteiger partial charge in [-0.15, -0.1) is 0 Å². The maximum atomic E-state index is 5.95. The van der Waals surface area contributed by atoms with Gasteiger partial charge in [-0.25, -0.2) is 4.98 Å². The van der Waals surface area contributed by atoms with Crippen LogP contribution in [-0.2, 0) is 20.2 Å². The summed E-state index contributed by atoms with van der Waals surface area (Å²) in [6.45, 7) is 6.65. The van der Waals surface area contributed by atoms with Crippen LogP contribution >= 0.6 is 0 Å². The molecule has 1 aromatic heterocycles. The lowest BCUT2D eigenvalue weighted by Gasteiger charge is -2.16.